The van der Waals surface area contributed by atoms with Crippen LogP contribution in [0.3, 0.4) is 0 Å². The highest BCUT2D eigenvalue weighted by atomic mass is 16.5. The Morgan fingerprint density at radius 2 is 2.17 bits per heavy atom. The predicted molar refractivity (Wildman–Crippen MR) is 105 cm³/mol. The molecule has 1 N–H and O–H groups in total. The number of ether oxygens (including phenoxy) is 1. The molecule has 4 rings (SSSR count). The molecule has 0 spiro atoms. The number of fused-ring (bicyclic) bond motifs is 1. The van der Waals surface area contributed by atoms with Crippen molar-refractivity contribution in [1.82, 2.24) is 29.6 Å². The first kappa shape index (κ1) is 19.1. The third-order valence-electron chi connectivity index (χ3n) is 5.16. The number of nitrogens with zero attached hydrogens (tertiary/aromatic N) is 6. The normalized spacial score (nSPS) is 15.7. The number of hydrogen-bond donors (Lipinski definition) is 1. The highest BCUT2D eigenvalue weighted by molar-refractivity contribution is 5.90. The van der Waals surface area contributed by atoms with E-state index < -0.39 is 5.41 Å². The molecule has 9 nitrogen and oxygen atoms in total. The zero-order valence-electron chi connectivity index (χ0n) is 16.7. The molecule has 0 atom stereocenters. The van der Waals surface area contributed by atoms with Crippen LogP contribution in [0.15, 0.2) is 31.0 Å². The fourth-order valence-electron chi connectivity index (χ4n) is 3.32. The summed E-state index contributed by atoms with van der Waals surface area (Å²) in [6, 6.07) is 4.16. The molecule has 1 fully saturated rings. The van der Waals surface area contributed by atoms with Crippen LogP contribution in [0, 0.1) is 16.7 Å². The van der Waals surface area contributed by atoms with E-state index in [1.807, 2.05) is 43.9 Å². The molecule has 0 radical (unpaired) electrons. The molecule has 4 heterocycles. The van der Waals surface area contributed by atoms with Gasteiger partial charge in [-0.15, -0.1) is 0 Å². The van der Waals surface area contributed by atoms with E-state index in [-0.39, 0.29) is 18.2 Å². The fourth-order valence-corrected chi connectivity index (χ4v) is 3.32. The van der Waals surface area contributed by atoms with Gasteiger partial charge in [-0.05, 0) is 26.8 Å². The second-order valence-electron chi connectivity index (χ2n) is 8.39. The van der Waals surface area contributed by atoms with Crippen LogP contribution >= 0.6 is 0 Å². The van der Waals surface area contributed by atoms with Crippen molar-refractivity contribution in [3.05, 3.63) is 31.0 Å². The molecule has 9 heteroatoms. The number of hydrogen-bond acceptors (Lipinski definition) is 7. The molecular weight excluding hydrogens is 370 g/mol. The Kier molecular flexibility index (Phi) is 4.59. The Bertz CT molecular complexity index is 1100. The van der Waals surface area contributed by atoms with Crippen molar-refractivity contribution in [2.75, 3.05) is 13.1 Å². The average Bonchev–Trinajstić information content (AvgIpc) is 3.29. The van der Waals surface area contributed by atoms with Crippen molar-refractivity contribution in [1.29, 1.82) is 5.26 Å². The maximum atomic E-state index is 12.1. The maximum absolute atomic E-state index is 12.1. The van der Waals surface area contributed by atoms with Gasteiger partial charge in [0, 0.05) is 36.4 Å². The van der Waals surface area contributed by atoms with Gasteiger partial charge in [-0.25, -0.2) is 9.97 Å². The Hall–Kier alpha value is -3.25. The van der Waals surface area contributed by atoms with Gasteiger partial charge in [0.1, 0.15) is 17.5 Å². The Balaban J connectivity index is 1.62. The Labute approximate surface area is 168 Å². The molecule has 1 aliphatic heterocycles. The number of aromatic nitrogens is 5. The summed E-state index contributed by atoms with van der Waals surface area (Å²) < 4.78 is 9.05. The Morgan fingerprint density at radius 1 is 1.38 bits per heavy atom. The summed E-state index contributed by atoms with van der Waals surface area (Å²) in [4.78, 5) is 20.9. The van der Waals surface area contributed by atoms with E-state index in [4.69, 9.17) is 10.00 Å². The zero-order valence-corrected chi connectivity index (χ0v) is 16.7. The van der Waals surface area contributed by atoms with Crippen LogP contribution in [0.25, 0.3) is 22.3 Å². The van der Waals surface area contributed by atoms with Crippen LogP contribution in [0.4, 0.5) is 0 Å². The van der Waals surface area contributed by atoms with Gasteiger partial charge >= 0.3 is 5.97 Å². The lowest BCUT2D eigenvalue weighted by Crippen LogP contribution is -2.60. The lowest BCUT2D eigenvalue weighted by Gasteiger charge is -2.41. The maximum Gasteiger partial charge on any atom is 0.312 e. The fraction of sp³-hybridized carbons (Fsp3) is 0.450. The van der Waals surface area contributed by atoms with Gasteiger partial charge in [-0.1, -0.05) is 0 Å². The van der Waals surface area contributed by atoms with Gasteiger partial charge < -0.3 is 10.1 Å². The molecule has 1 aliphatic rings. The van der Waals surface area contributed by atoms with E-state index in [0.717, 1.165) is 29.7 Å². The lowest BCUT2D eigenvalue weighted by molar-refractivity contribution is -0.156. The van der Waals surface area contributed by atoms with Crippen molar-refractivity contribution in [3.63, 3.8) is 0 Å². The van der Waals surface area contributed by atoms with E-state index in [1.54, 1.807) is 10.8 Å². The van der Waals surface area contributed by atoms with Crippen LogP contribution in [0.1, 0.15) is 27.2 Å². The van der Waals surface area contributed by atoms with Crippen LogP contribution in [0.2, 0.25) is 0 Å². The topological polar surface area (TPSA) is 111 Å². The quantitative estimate of drug-likeness (QED) is 0.661. The van der Waals surface area contributed by atoms with E-state index in [1.165, 1.54) is 6.33 Å². The molecule has 3 aromatic rings. The van der Waals surface area contributed by atoms with Gasteiger partial charge in [0.25, 0.3) is 0 Å². The van der Waals surface area contributed by atoms with Gasteiger partial charge in [-0.3, -0.25) is 14.0 Å². The van der Waals surface area contributed by atoms with Crippen molar-refractivity contribution >= 4 is 17.0 Å². The lowest BCUT2D eigenvalue weighted by atomic mass is 9.89. The number of nitriles is 1. The van der Waals surface area contributed by atoms with E-state index in [9.17, 15) is 4.79 Å². The molecule has 0 unspecified atom stereocenters. The van der Waals surface area contributed by atoms with Gasteiger partial charge in [0.05, 0.1) is 29.8 Å². The van der Waals surface area contributed by atoms with Crippen molar-refractivity contribution < 1.29 is 9.53 Å². The summed E-state index contributed by atoms with van der Waals surface area (Å²) in [5, 5.41) is 17.7. The summed E-state index contributed by atoms with van der Waals surface area (Å²) in [5.74, 6) is -0.271. The van der Waals surface area contributed by atoms with E-state index >= 15 is 0 Å². The SMILES string of the molecule is CC(C)(C)C(=O)OCn1ccc2c(-c3cnn(C4(CC#N)CNC4)c3)ncnc21. The molecular formula is C20H23N7O2. The van der Waals surface area contributed by atoms with Crippen LogP contribution in [-0.4, -0.2) is 43.4 Å². The van der Waals surface area contributed by atoms with Crippen LogP contribution in [0.5, 0.6) is 0 Å². The number of carbonyl (C=O) groups excluding carboxylic acids is 1. The number of carbonyl (C=O) groups is 1. The first-order valence-electron chi connectivity index (χ1n) is 9.44. The molecule has 0 aromatic carbocycles. The highest BCUT2D eigenvalue weighted by Crippen LogP contribution is 2.30. The molecule has 0 amide bonds. The summed E-state index contributed by atoms with van der Waals surface area (Å²) >= 11 is 0. The van der Waals surface area contributed by atoms with Crippen molar-refractivity contribution in [2.24, 2.45) is 5.41 Å². The van der Waals surface area contributed by atoms with Crippen molar-refractivity contribution in [2.45, 2.75) is 39.5 Å². The monoisotopic (exact) mass is 393 g/mol. The smallest absolute Gasteiger partial charge is 0.312 e. The molecule has 0 saturated carbocycles. The number of esters is 1. The molecule has 3 aromatic heterocycles. The Morgan fingerprint density at radius 3 is 2.83 bits per heavy atom. The summed E-state index contributed by atoms with van der Waals surface area (Å²) in [7, 11) is 0. The predicted octanol–water partition coefficient (Wildman–Crippen LogP) is 2.05. The summed E-state index contributed by atoms with van der Waals surface area (Å²) in [5.41, 5.74) is 1.42. The van der Waals surface area contributed by atoms with E-state index in [2.05, 4.69) is 26.5 Å². The van der Waals surface area contributed by atoms with Crippen LogP contribution < -0.4 is 5.32 Å². The van der Waals surface area contributed by atoms with Gasteiger partial charge in [0.15, 0.2) is 6.73 Å². The number of rotatable bonds is 5. The van der Waals surface area contributed by atoms with Gasteiger partial charge in [-0.2, -0.15) is 10.4 Å². The third kappa shape index (κ3) is 3.36. The zero-order chi connectivity index (χ0) is 20.6. The second kappa shape index (κ2) is 6.97. The van der Waals surface area contributed by atoms with Gasteiger partial charge in [0.2, 0.25) is 0 Å². The summed E-state index contributed by atoms with van der Waals surface area (Å²) in [6.45, 7) is 6.98. The number of nitrogens with one attached hydrogen (secondary N) is 1. The minimum Gasteiger partial charge on any atom is -0.443 e. The minimum absolute atomic E-state index is 0.0896. The first-order valence-corrected chi connectivity index (χ1v) is 9.44. The average molecular weight is 393 g/mol. The molecule has 29 heavy (non-hydrogen) atoms. The minimum atomic E-state index is -0.562. The highest BCUT2D eigenvalue weighted by Gasteiger charge is 2.39. The van der Waals surface area contributed by atoms with Crippen LogP contribution in [-0.2, 0) is 21.8 Å². The standard InChI is InChI=1S/C20H23N7O2/c1-19(2,3)18(28)29-13-26-7-4-15-16(23-12-24-17(15)26)14-8-25-27(9-14)20(5-6-21)10-22-11-20/h4,7-9,12,22H,5,10-11,13H2,1-3H3. The summed E-state index contributed by atoms with van der Waals surface area (Å²) in [6.07, 6.45) is 7.41. The first-order chi connectivity index (χ1) is 13.8. The largest absolute Gasteiger partial charge is 0.443 e. The van der Waals surface area contributed by atoms with Crippen molar-refractivity contribution in [3.8, 4) is 17.3 Å². The van der Waals surface area contributed by atoms with E-state index in [0.29, 0.717) is 12.1 Å². The molecule has 0 aliphatic carbocycles. The molecule has 0 bridgehead atoms. The molecule has 1 saturated heterocycles. The third-order valence-corrected chi connectivity index (χ3v) is 5.16. The second-order valence-corrected chi connectivity index (χ2v) is 8.39. The molecule has 150 valence electrons.